The van der Waals surface area contributed by atoms with Crippen LogP contribution in [0.2, 0.25) is 0 Å². The highest BCUT2D eigenvalue weighted by Gasteiger charge is 1.90. The summed E-state index contributed by atoms with van der Waals surface area (Å²) in [6, 6.07) is 0. The normalized spacial score (nSPS) is 9.27. The Morgan fingerprint density at radius 1 is 1.09 bits per heavy atom. The van der Waals surface area contributed by atoms with Gasteiger partial charge in [0.05, 0.1) is 0 Å². The van der Waals surface area contributed by atoms with Crippen molar-refractivity contribution in [3.05, 3.63) is 0 Å². The Balaban J connectivity index is 0. The quantitative estimate of drug-likeness (QED) is 0.626. The van der Waals surface area contributed by atoms with E-state index in [0.29, 0.717) is 0 Å². The Labute approximate surface area is 71.8 Å². The second-order valence-electron chi connectivity index (χ2n) is 3.21. The maximum Gasteiger partial charge on any atom is 0.0402 e. The van der Waals surface area contributed by atoms with Crippen LogP contribution in [0.4, 0.5) is 0 Å². The van der Waals surface area contributed by atoms with Gasteiger partial charge in [-0.2, -0.15) is 0 Å². The molecule has 0 fully saturated rings. The molecule has 1 heteroatoms. The van der Waals surface area contributed by atoms with Crippen molar-refractivity contribution < 1.29 is 5.11 Å². The fourth-order valence-corrected chi connectivity index (χ4v) is 0.803. The molecule has 0 unspecified atom stereocenters. The number of hydrogen-bond acceptors (Lipinski definition) is 1. The van der Waals surface area contributed by atoms with Gasteiger partial charge in [0.15, 0.2) is 0 Å². The van der Waals surface area contributed by atoms with Crippen LogP contribution < -0.4 is 0 Å². The van der Waals surface area contributed by atoms with Crippen LogP contribution in [0.1, 0.15) is 53.4 Å². The van der Waals surface area contributed by atoms with Crippen LogP contribution >= 0.6 is 0 Å². The topological polar surface area (TPSA) is 20.2 Å². The minimum atomic E-state index is 0.250. The van der Waals surface area contributed by atoms with Crippen molar-refractivity contribution in [2.45, 2.75) is 53.4 Å². The average molecular weight is 160 g/mol. The van der Waals surface area contributed by atoms with Gasteiger partial charge in [-0.15, -0.1) is 0 Å². The second kappa shape index (κ2) is 12.6. The lowest BCUT2D eigenvalue weighted by Crippen LogP contribution is -1.85. The third-order valence-corrected chi connectivity index (χ3v) is 1.39. The lowest BCUT2D eigenvalue weighted by molar-refractivity contribution is 0.318. The van der Waals surface area contributed by atoms with Crippen molar-refractivity contribution in [1.82, 2.24) is 0 Å². The molecule has 0 aromatic carbocycles. The van der Waals surface area contributed by atoms with E-state index in [4.69, 9.17) is 5.11 Å². The molecule has 11 heavy (non-hydrogen) atoms. The van der Waals surface area contributed by atoms with E-state index in [-0.39, 0.29) is 6.61 Å². The number of aliphatic hydroxyl groups excluding tert-OH is 1. The number of unbranched alkanes of at least 4 members (excludes halogenated alkanes) is 2. The van der Waals surface area contributed by atoms with Gasteiger partial charge >= 0.3 is 0 Å². The minimum Gasteiger partial charge on any atom is -0.397 e. The molecule has 0 rings (SSSR count). The fraction of sp³-hybridized carbons (Fsp3) is 1.00. The molecule has 1 nitrogen and oxygen atoms in total. The van der Waals surface area contributed by atoms with Gasteiger partial charge < -0.3 is 5.11 Å². The predicted molar refractivity (Wildman–Crippen MR) is 51.7 cm³/mol. The molecular weight excluding hydrogens is 136 g/mol. The highest BCUT2D eigenvalue weighted by Crippen LogP contribution is 2.06. The first-order valence-electron chi connectivity index (χ1n) is 4.79. The smallest absolute Gasteiger partial charge is 0.0402 e. The van der Waals surface area contributed by atoms with E-state index >= 15 is 0 Å². The zero-order chi connectivity index (χ0) is 9.11. The Morgan fingerprint density at radius 2 is 1.55 bits per heavy atom. The van der Waals surface area contributed by atoms with Gasteiger partial charge in [0, 0.05) is 6.61 Å². The third kappa shape index (κ3) is 25.7. The summed E-state index contributed by atoms with van der Waals surface area (Å²) in [4.78, 5) is 0. The Morgan fingerprint density at radius 3 is 1.82 bits per heavy atom. The van der Waals surface area contributed by atoms with Crippen LogP contribution in [0.5, 0.6) is 0 Å². The van der Waals surface area contributed by atoms with Crippen LogP contribution in [0.25, 0.3) is 0 Å². The summed E-state index contributed by atoms with van der Waals surface area (Å²) < 4.78 is 0. The van der Waals surface area contributed by atoms with E-state index in [9.17, 15) is 0 Å². The summed E-state index contributed by atoms with van der Waals surface area (Å²) in [5.41, 5.74) is 0. The molecule has 0 saturated carbocycles. The highest BCUT2D eigenvalue weighted by atomic mass is 16.2. The average Bonchev–Trinajstić information content (AvgIpc) is 1.89. The van der Waals surface area contributed by atoms with E-state index in [1.165, 1.54) is 25.7 Å². The van der Waals surface area contributed by atoms with E-state index < -0.39 is 0 Å². The zero-order valence-corrected chi connectivity index (χ0v) is 8.56. The van der Waals surface area contributed by atoms with Gasteiger partial charge in [-0.05, 0) is 12.8 Å². The molecule has 0 saturated heterocycles. The van der Waals surface area contributed by atoms with E-state index in [2.05, 4.69) is 20.8 Å². The number of hydrogen-bond donors (Lipinski definition) is 1. The molecule has 70 valence electrons. The summed E-state index contributed by atoms with van der Waals surface area (Å²) in [7, 11) is 0. The molecule has 0 aliphatic heterocycles. The summed E-state index contributed by atoms with van der Waals surface area (Å²) >= 11 is 0. The summed E-state index contributed by atoms with van der Waals surface area (Å²) in [5, 5.41) is 7.57. The lowest BCUT2D eigenvalue weighted by Gasteiger charge is -2.00. The highest BCUT2D eigenvalue weighted by molar-refractivity contribution is 4.44. The van der Waals surface area contributed by atoms with Crippen LogP contribution in [0, 0.1) is 5.92 Å². The first-order chi connectivity index (χ1) is 5.18. The second-order valence-corrected chi connectivity index (χ2v) is 3.21. The van der Waals surface area contributed by atoms with Crippen LogP contribution in [-0.4, -0.2) is 11.7 Å². The van der Waals surface area contributed by atoms with E-state index in [1.807, 2.05) is 0 Å². The maximum absolute atomic E-state index is 7.57. The molecule has 0 amide bonds. The summed E-state index contributed by atoms with van der Waals surface area (Å²) in [5.74, 6) is 0.904. The van der Waals surface area contributed by atoms with Gasteiger partial charge in [-0.25, -0.2) is 0 Å². The Kier molecular flexibility index (Phi) is 15.5. The first-order valence-corrected chi connectivity index (χ1v) is 4.79. The molecule has 0 aromatic rings. The first kappa shape index (κ1) is 13.5. The minimum absolute atomic E-state index is 0.250. The van der Waals surface area contributed by atoms with Crippen molar-refractivity contribution in [3.8, 4) is 0 Å². The molecule has 0 bridgehead atoms. The molecule has 0 radical (unpaired) electrons. The molecule has 1 N–H and O–H groups in total. The van der Waals surface area contributed by atoms with Crippen molar-refractivity contribution in [1.29, 1.82) is 0 Å². The van der Waals surface area contributed by atoms with Gasteiger partial charge in [0.25, 0.3) is 0 Å². The summed E-state index contributed by atoms with van der Waals surface area (Å²) in [6.45, 7) is 8.76. The van der Waals surface area contributed by atoms with Gasteiger partial charge in [-0.1, -0.05) is 46.5 Å². The van der Waals surface area contributed by atoms with Gasteiger partial charge in [-0.3, -0.25) is 0 Å². The lowest BCUT2D eigenvalue weighted by atomic mass is 10.1. The zero-order valence-electron chi connectivity index (χ0n) is 8.56. The monoisotopic (exact) mass is 160 g/mol. The Hall–Kier alpha value is -0.0400. The van der Waals surface area contributed by atoms with Crippen LogP contribution in [0.3, 0.4) is 0 Å². The van der Waals surface area contributed by atoms with Crippen LogP contribution in [0.15, 0.2) is 0 Å². The van der Waals surface area contributed by atoms with Crippen LogP contribution in [-0.2, 0) is 0 Å². The fourth-order valence-electron chi connectivity index (χ4n) is 0.803. The SMILES string of the molecule is CCCCCC(C)C.CCO. The molecule has 0 heterocycles. The van der Waals surface area contributed by atoms with Gasteiger partial charge in [0.1, 0.15) is 0 Å². The Bertz CT molecular complexity index is 50.8. The number of rotatable bonds is 4. The van der Waals surface area contributed by atoms with Crippen molar-refractivity contribution in [3.63, 3.8) is 0 Å². The molecule has 0 spiro atoms. The van der Waals surface area contributed by atoms with Crippen molar-refractivity contribution in [2.24, 2.45) is 5.92 Å². The van der Waals surface area contributed by atoms with E-state index in [1.54, 1.807) is 6.92 Å². The molecule has 0 aliphatic carbocycles. The molecular formula is C10H24O. The summed E-state index contributed by atoms with van der Waals surface area (Å²) in [6.07, 6.45) is 5.60. The van der Waals surface area contributed by atoms with E-state index in [0.717, 1.165) is 5.92 Å². The van der Waals surface area contributed by atoms with Gasteiger partial charge in [0.2, 0.25) is 0 Å². The largest absolute Gasteiger partial charge is 0.397 e. The standard InChI is InChI=1S/C8H18.C2H6O/c1-4-5-6-7-8(2)3;1-2-3/h8H,4-7H2,1-3H3;3H,2H2,1H3. The molecule has 0 atom stereocenters. The number of aliphatic hydroxyl groups is 1. The molecule has 0 aromatic heterocycles. The van der Waals surface area contributed by atoms with Crippen molar-refractivity contribution >= 4 is 0 Å². The third-order valence-electron chi connectivity index (χ3n) is 1.39. The molecule has 0 aliphatic rings. The predicted octanol–water partition coefficient (Wildman–Crippen LogP) is 3.22. The maximum atomic E-state index is 7.57. The van der Waals surface area contributed by atoms with Crippen molar-refractivity contribution in [2.75, 3.05) is 6.61 Å².